The summed E-state index contributed by atoms with van der Waals surface area (Å²) in [6, 6.07) is 14.0. The van der Waals surface area contributed by atoms with Gasteiger partial charge in [-0.3, -0.25) is 0 Å². The smallest absolute Gasteiger partial charge is 0.223 e. The predicted octanol–water partition coefficient (Wildman–Crippen LogP) is 10.9. The molecule has 0 saturated carbocycles. The van der Waals surface area contributed by atoms with E-state index in [1.165, 1.54) is 56.9 Å². The zero-order chi connectivity index (χ0) is 29.4. The third-order valence-corrected chi connectivity index (χ3v) is 8.97. The van der Waals surface area contributed by atoms with Crippen molar-refractivity contribution < 1.29 is 14.2 Å². The number of aryl methyl sites for hydroxylation is 2. The molecule has 3 atom stereocenters. The van der Waals surface area contributed by atoms with E-state index in [1.807, 2.05) is 30.3 Å². The molecule has 1 aliphatic heterocycles. The van der Waals surface area contributed by atoms with Crippen molar-refractivity contribution in [3.63, 3.8) is 0 Å². The number of hydrogen-bond donors (Lipinski definition) is 0. The summed E-state index contributed by atoms with van der Waals surface area (Å²) in [4.78, 5) is 4.70. The van der Waals surface area contributed by atoms with Crippen molar-refractivity contribution in [3.8, 4) is 23.1 Å². The van der Waals surface area contributed by atoms with E-state index in [0.29, 0.717) is 5.88 Å². The Balaban J connectivity index is 1.27. The lowest BCUT2D eigenvalue weighted by molar-refractivity contribution is 0.0515. The van der Waals surface area contributed by atoms with Crippen LogP contribution >= 0.6 is 0 Å². The average Bonchev–Trinajstić information content (AvgIpc) is 2.93. The first-order valence-corrected chi connectivity index (χ1v) is 16.1. The number of hydrogen-bond acceptors (Lipinski definition) is 4. The van der Waals surface area contributed by atoms with E-state index in [4.69, 9.17) is 19.2 Å². The summed E-state index contributed by atoms with van der Waals surface area (Å²) in [7, 11) is 1.68. The number of fused-ring (bicyclic) bond motifs is 2. The van der Waals surface area contributed by atoms with Gasteiger partial charge in [-0.05, 0) is 92.7 Å². The quantitative estimate of drug-likeness (QED) is 0.186. The van der Waals surface area contributed by atoms with E-state index in [0.717, 1.165) is 70.7 Å². The number of aromatic nitrogens is 1. The first-order valence-electron chi connectivity index (χ1n) is 16.1. The van der Waals surface area contributed by atoms with Crippen molar-refractivity contribution in [2.75, 3.05) is 7.11 Å². The Bertz CT molecular complexity index is 1270. The van der Waals surface area contributed by atoms with Crippen LogP contribution < -0.4 is 14.2 Å². The van der Waals surface area contributed by atoms with Gasteiger partial charge in [0.15, 0.2) is 0 Å². The van der Waals surface area contributed by atoms with Gasteiger partial charge in [0, 0.05) is 11.5 Å². The minimum atomic E-state index is -0.0992. The molecule has 224 valence electrons. The number of nitrogens with zero attached hydrogens (tertiary/aromatic N) is 1. The Morgan fingerprint density at radius 3 is 2.29 bits per heavy atom. The van der Waals surface area contributed by atoms with Gasteiger partial charge in [-0.25, -0.2) is 4.98 Å². The highest BCUT2D eigenvalue weighted by Gasteiger charge is 2.32. The molecular formula is C37H53NO3. The molecule has 41 heavy (non-hydrogen) atoms. The van der Waals surface area contributed by atoms with Crippen LogP contribution in [-0.4, -0.2) is 17.7 Å². The SMILES string of the molecule is COc1cc(Oc2cc(C)c3c(c2)CC[C@@](C)(CCC[C@H](C)CCC[C@H](C)CCCC(C)C)O3)nc2ccccc12. The third-order valence-electron chi connectivity index (χ3n) is 8.97. The van der Waals surface area contributed by atoms with Crippen LogP contribution in [-0.2, 0) is 6.42 Å². The molecule has 0 spiro atoms. The van der Waals surface area contributed by atoms with Gasteiger partial charge in [-0.15, -0.1) is 0 Å². The van der Waals surface area contributed by atoms with E-state index in [1.54, 1.807) is 7.11 Å². The van der Waals surface area contributed by atoms with Gasteiger partial charge in [0.05, 0.1) is 12.6 Å². The third kappa shape index (κ3) is 8.87. The van der Waals surface area contributed by atoms with Crippen LogP contribution in [0.5, 0.6) is 23.1 Å². The number of pyridine rings is 1. The fourth-order valence-corrected chi connectivity index (χ4v) is 6.34. The van der Waals surface area contributed by atoms with Gasteiger partial charge < -0.3 is 14.2 Å². The van der Waals surface area contributed by atoms with Crippen LogP contribution in [0.25, 0.3) is 10.9 Å². The van der Waals surface area contributed by atoms with Crippen LogP contribution in [0.2, 0.25) is 0 Å². The van der Waals surface area contributed by atoms with Crippen molar-refractivity contribution >= 4 is 10.9 Å². The Hall–Kier alpha value is -2.75. The standard InChI is InChI=1S/C37H53NO3/c1-26(2)13-10-14-27(3)15-11-16-28(4)17-12-21-37(6)22-20-30-24-31(23-29(5)36(30)41-37)40-35-25-34(39-7)32-18-8-9-19-33(32)38-35/h8-9,18-19,23-28H,10-17,20-22H2,1-7H3/t27-,28-,37-/m1/s1. The first kappa shape index (κ1) is 31.2. The van der Waals surface area contributed by atoms with Crippen molar-refractivity contribution in [2.24, 2.45) is 17.8 Å². The Morgan fingerprint density at radius 1 is 0.902 bits per heavy atom. The zero-order valence-electron chi connectivity index (χ0n) is 26.7. The van der Waals surface area contributed by atoms with E-state index < -0.39 is 0 Å². The van der Waals surface area contributed by atoms with Crippen molar-refractivity contribution in [1.29, 1.82) is 0 Å². The van der Waals surface area contributed by atoms with E-state index in [-0.39, 0.29) is 5.60 Å². The lowest BCUT2D eigenvalue weighted by Crippen LogP contribution is -2.36. The van der Waals surface area contributed by atoms with E-state index in [2.05, 4.69) is 53.7 Å². The van der Waals surface area contributed by atoms with Crippen molar-refractivity contribution in [1.82, 2.24) is 4.98 Å². The summed E-state index contributed by atoms with van der Waals surface area (Å²) in [5, 5.41) is 0.980. The first-order chi connectivity index (χ1) is 19.7. The molecule has 0 unspecified atom stereocenters. The van der Waals surface area contributed by atoms with E-state index in [9.17, 15) is 0 Å². The van der Waals surface area contributed by atoms with E-state index >= 15 is 0 Å². The van der Waals surface area contributed by atoms with Crippen molar-refractivity contribution in [3.05, 3.63) is 53.6 Å². The van der Waals surface area contributed by atoms with Gasteiger partial charge in [0.2, 0.25) is 5.88 Å². The second kappa shape index (κ2) is 14.4. The molecule has 2 aromatic carbocycles. The molecule has 1 aliphatic rings. The topological polar surface area (TPSA) is 40.6 Å². The Kier molecular flexibility index (Phi) is 11.0. The van der Waals surface area contributed by atoms with Crippen LogP contribution in [0.3, 0.4) is 0 Å². The molecule has 0 N–H and O–H groups in total. The Morgan fingerprint density at radius 2 is 1.59 bits per heavy atom. The lowest BCUT2D eigenvalue weighted by atomic mass is 9.85. The second-order valence-electron chi connectivity index (χ2n) is 13.4. The zero-order valence-corrected chi connectivity index (χ0v) is 26.7. The maximum Gasteiger partial charge on any atom is 0.223 e. The number of benzene rings is 2. The Labute approximate surface area is 249 Å². The number of rotatable bonds is 15. The molecule has 4 heteroatoms. The largest absolute Gasteiger partial charge is 0.496 e. The number of para-hydroxylation sites is 1. The highest BCUT2D eigenvalue weighted by atomic mass is 16.5. The number of methoxy groups -OCH3 is 1. The maximum absolute atomic E-state index is 6.71. The summed E-state index contributed by atoms with van der Waals surface area (Å²) >= 11 is 0. The summed E-state index contributed by atoms with van der Waals surface area (Å²) in [6.07, 6.45) is 13.9. The normalized spacial score (nSPS) is 18.1. The van der Waals surface area contributed by atoms with Gasteiger partial charge in [-0.1, -0.05) is 84.8 Å². The molecule has 0 radical (unpaired) electrons. The molecule has 4 rings (SSSR count). The summed E-state index contributed by atoms with van der Waals surface area (Å²) in [5.41, 5.74) is 3.10. The van der Waals surface area contributed by atoms with Crippen LogP contribution in [0.1, 0.15) is 110 Å². The molecule has 4 nitrogen and oxygen atoms in total. The fourth-order valence-electron chi connectivity index (χ4n) is 6.34. The molecule has 0 amide bonds. The van der Waals surface area contributed by atoms with Gasteiger partial charge >= 0.3 is 0 Å². The maximum atomic E-state index is 6.71. The van der Waals surface area contributed by atoms with Gasteiger partial charge in [0.25, 0.3) is 0 Å². The van der Waals surface area contributed by atoms with Crippen LogP contribution in [0.4, 0.5) is 0 Å². The van der Waals surface area contributed by atoms with Crippen LogP contribution in [0, 0.1) is 24.7 Å². The average molecular weight is 560 g/mol. The summed E-state index contributed by atoms with van der Waals surface area (Å²) in [5.74, 6) is 5.63. The minimum Gasteiger partial charge on any atom is -0.496 e. The highest BCUT2D eigenvalue weighted by molar-refractivity contribution is 5.85. The highest BCUT2D eigenvalue weighted by Crippen LogP contribution is 2.41. The monoisotopic (exact) mass is 559 g/mol. The molecule has 2 heterocycles. The molecule has 0 fully saturated rings. The second-order valence-corrected chi connectivity index (χ2v) is 13.4. The van der Waals surface area contributed by atoms with Crippen molar-refractivity contribution in [2.45, 2.75) is 118 Å². The summed E-state index contributed by atoms with van der Waals surface area (Å²) < 4.78 is 18.6. The molecule has 0 aliphatic carbocycles. The summed E-state index contributed by atoms with van der Waals surface area (Å²) in [6.45, 7) is 14.0. The molecule has 0 bridgehead atoms. The molecule has 3 aromatic rings. The minimum absolute atomic E-state index is 0.0992. The molecular weight excluding hydrogens is 506 g/mol. The fraction of sp³-hybridized carbons (Fsp3) is 0.595. The number of ether oxygens (including phenoxy) is 3. The molecule has 0 saturated heterocycles. The lowest BCUT2D eigenvalue weighted by Gasteiger charge is -2.37. The van der Waals surface area contributed by atoms with Gasteiger partial charge in [0.1, 0.15) is 22.8 Å². The van der Waals surface area contributed by atoms with Gasteiger partial charge in [-0.2, -0.15) is 0 Å². The molecule has 1 aromatic heterocycles. The van der Waals surface area contributed by atoms with Crippen LogP contribution in [0.15, 0.2) is 42.5 Å². The predicted molar refractivity (Wildman–Crippen MR) is 172 cm³/mol.